The van der Waals surface area contributed by atoms with Crippen molar-refractivity contribution in [2.45, 2.75) is 39.5 Å². The van der Waals surface area contributed by atoms with Gasteiger partial charge in [-0.2, -0.15) is 0 Å². The number of rotatable bonds is 13. The molecule has 0 atom stereocenters. The predicted octanol–water partition coefficient (Wildman–Crippen LogP) is 3.56. The highest BCUT2D eigenvalue weighted by Gasteiger charge is 2.22. The molecular weight excluding hydrogens is 428 g/mol. The van der Waals surface area contributed by atoms with Gasteiger partial charge in [-0.3, -0.25) is 9.10 Å². The van der Waals surface area contributed by atoms with Gasteiger partial charge in [-0.05, 0) is 54.7 Å². The number of carbonyl (C=O) groups is 1. The Bertz CT molecular complexity index is 952. The van der Waals surface area contributed by atoms with Gasteiger partial charge >= 0.3 is 0 Å². The highest BCUT2D eigenvalue weighted by atomic mass is 32.2. The van der Waals surface area contributed by atoms with Crippen molar-refractivity contribution in [3.8, 4) is 11.5 Å². The molecule has 2 aromatic rings. The van der Waals surface area contributed by atoms with Crippen LogP contribution in [-0.2, 0) is 27.7 Å². The van der Waals surface area contributed by atoms with Crippen molar-refractivity contribution in [3.05, 3.63) is 53.6 Å². The number of methoxy groups -OCH3 is 1. The van der Waals surface area contributed by atoms with Crippen LogP contribution in [0.25, 0.3) is 0 Å². The highest BCUT2D eigenvalue weighted by molar-refractivity contribution is 7.92. The lowest BCUT2D eigenvalue weighted by Gasteiger charge is -2.27. The molecule has 176 valence electrons. The first-order valence-corrected chi connectivity index (χ1v) is 12.8. The fourth-order valence-corrected chi connectivity index (χ4v) is 4.51. The van der Waals surface area contributed by atoms with E-state index in [4.69, 9.17) is 9.47 Å². The number of nitrogens with one attached hydrogen (secondary N) is 1. The molecule has 0 fully saturated rings. The Morgan fingerprint density at radius 2 is 1.59 bits per heavy atom. The molecule has 0 saturated carbocycles. The van der Waals surface area contributed by atoms with Gasteiger partial charge in [0.1, 0.15) is 18.1 Å². The molecule has 2 rings (SSSR count). The van der Waals surface area contributed by atoms with Crippen LogP contribution in [0.4, 0.5) is 5.69 Å². The van der Waals surface area contributed by atoms with Crippen molar-refractivity contribution in [3.63, 3.8) is 0 Å². The first-order valence-electron chi connectivity index (χ1n) is 10.9. The van der Waals surface area contributed by atoms with E-state index in [0.29, 0.717) is 25.3 Å². The van der Waals surface area contributed by atoms with Gasteiger partial charge in [-0.1, -0.05) is 32.0 Å². The molecule has 7 nitrogen and oxygen atoms in total. The van der Waals surface area contributed by atoms with Gasteiger partial charge in [0.25, 0.3) is 0 Å². The van der Waals surface area contributed by atoms with Gasteiger partial charge in [-0.15, -0.1) is 0 Å². The molecule has 0 unspecified atom stereocenters. The van der Waals surface area contributed by atoms with Crippen LogP contribution >= 0.6 is 0 Å². The number of carbonyl (C=O) groups excluding carboxylic acids is 1. The highest BCUT2D eigenvalue weighted by Crippen LogP contribution is 2.29. The zero-order valence-electron chi connectivity index (χ0n) is 19.4. The fraction of sp³-hybridized carbons (Fsp3) is 0.458. The summed E-state index contributed by atoms with van der Waals surface area (Å²) in [7, 11) is -1.86. The van der Waals surface area contributed by atoms with Crippen molar-refractivity contribution < 1.29 is 22.7 Å². The lowest BCUT2D eigenvalue weighted by molar-refractivity contribution is -0.121. The van der Waals surface area contributed by atoms with Crippen molar-refractivity contribution in [2.75, 3.05) is 37.4 Å². The number of hydrogen-bond donors (Lipinski definition) is 1. The normalized spacial score (nSPS) is 11.1. The van der Waals surface area contributed by atoms with Crippen molar-refractivity contribution in [1.82, 2.24) is 5.32 Å². The molecule has 0 heterocycles. The van der Waals surface area contributed by atoms with Crippen molar-refractivity contribution in [2.24, 2.45) is 0 Å². The van der Waals surface area contributed by atoms with Crippen LogP contribution in [0.3, 0.4) is 0 Å². The molecule has 0 aromatic heterocycles. The minimum atomic E-state index is -3.47. The van der Waals surface area contributed by atoms with Crippen molar-refractivity contribution in [1.29, 1.82) is 0 Å². The number of hydrogen-bond acceptors (Lipinski definition) is 5. The Balaban J connectivity index is 1.86. The van der Waals surface area contributed by atoms with E-state index in [9.17, 15) is 13.2 Å². The summed E-state index contributed by atoms with van der Waals surface area (Å²) < 4.78 is 37.2. The lowest BCUT2D eigenvalue weighted by atomic mass is 10.0. The van der Waals surface area contributed by atoms with Gasteiger partial charge in [0.2, 0.25) is 15.9 Å². The largest absolute Gasteiger partial charge is 0.497 e. The summed E-state index contributed by atoms with van der Waals surface area (Å²) in [6, 6.07) is 13.1. The Hall–Kier alpha value is -2.74. The van der Waals surface area contributed by atoms with Gasteiger partial charge in [-0.25, -0.2) is 8.42 Å². The Morgan fingerprint density at radius 3 is 2.12 bits per heavy atom. The smallest absolute Gasteiger partial charge is 0.232 e. The maximum Gasteiger partial charge on any atom is 0.232 e. The number of anilines is 1. The molecule has 0 aliphatic rings. The van der Waals surface area contributed by atoms with E-state index in [1.807, 2.05) is 44.2 Å². The third-order valence-electron chi connectivity index (χ3n) is 5.13. The van der Waals surface area contributed by atoms with Crippen LogP contribution in [-0.4, -0.2) is 47.4 Å². The third-order valence-corrected chi connectivity index (χ3v) is 6.30. The van der Waals surface area contributed by atoms with Crippen LogP contribution in [0.1, 0.15) is 37.8 Å². The maximum absolute atomic E-state index is 12.5. The second-order valence-electron chi connectivity index (χ2n) is 7.44. The number of ether oxygens (including phenoxy) is 2. The predicted molar refractivity (Wildman–Crippen MR) is 128 cm³/mol. The monoisotopic (exact) mass is 462 g/mol. The quantitative estimate of drug-likeness (QED) is 0.460. The molecule has 0 aliphatic heterocycles. The average molecular weight is 463 g/mol. The van der Waals surface area contributed by atoms with E-state index >= 15 is 0 Å². The van der Waals surface area contributed by atoms with E-state index in [1.54, 1.807) is 19.2 Å². The van der Waals surface area contributed by atoms with Gasteiger partial charge in [0.05, 0.1) is 25.6 Å². The van der Waals surface area contributed by atoms with Gasteiger partial charge in [0, 0.05) is 13.0 Å². The summed E-state index contributed by atoms with van der Waals surface area (Å²) >= 11 is 0. The fourth-order valence-electron chi connectivity index (χ4n) is 3.48. The molecule has 0 radical (unpaired) electrons. The number of sulfonamides is 1. The second-order valence-corrected chi connectivity index (χ2v) is 9.35. The summed E-state index contributed by atoms with van der Waals surface area (Å²) in [5.74, 6) is 1.32. The molecule has 0 saturated heterocycles. The molecule has 1 N–H and O–H groups in total. The summed E-state index contributed by atoms with van der Waals surface area (Å²) in [5.41, 5.74) is 2.75. The average Bonchev–Trinajstić information content (AvgIpc) is 2.78. The molecule has 0 aliphatic carbocycles. The summed E-state index contributed by atoms with van der Waals surface area (Å²) in [6.07, 6.45) is 3.37. The SMILES string of the molecule is CCc1cccc(CC)c1N(CCCC(=O)NCCOc1ccc(OC)cc1)S(C)(=O)=O. The van der Waals surface area contributed by atoms with E-state index in [1.165, 1.54) is 10.6 Å². The number of para-hydroxylation sites is 1. The second kappa shape index (κ2) is 12.3. The van der Waals surface area contributed by atoms with E-state index < -0.39 is 10.0 Å². The Morgan fingerprint density at radius 1 is 1.00 bits per heavy atom. The van der Waals surface area contributed by atoms with E-state index in [0.717, 1.165) is 35.4 Å². The topological polar surface area (TPSA) is 84.9 Å². The molecule has 2 aromatic carbocycles. The minimum absolute atomic E-state index is 0.128. The molecule has 0 spiro atoms. The maximum atomic E-state index is 12.5. The molecule has 32 heavy (non-hydrogen) atoms. The van der Waals surface area contributed by atoms with E-state index in [2.05, 4.69) is 5.32 Å². The van der Waals surface area contributed by atoms with Crippen LogP contribution in [0, 0.1) is 0 Å². The molecule has 0 bridgehead atoms. The van der Waals surface area contributed by atoms with Gasteiger partial charge in [0.15, 0.2) is 0 Å². The van der Waals surface area contributed by atoms with Crippen LogP contribution in [0.2, 0.25) is 0 Å². The summed E-state index contributed by atoms with van der Waals surface area (Å²) in [4.78, 5) is 12.2. The first kappa shape index (κ1) is 25.5. The number of aryl methyl sites for hydroxylation is 2. The van der Waals surface area contributed by atoms with Crippen LogP contribution in [0.5, 0.6) is 11.5 Å². The Kier molecular flexibility index (Phi) is 9.84. The first-order chi connectivity index (χ1) is 15.3. The summed E-state index contributed by atoms with van der Waals surface area (Å²) in [6.45, 7) is 5.01. The standard InChI is InChI=1S/C24H34N2O5S/c1-5-19-9-7-10-20(6-2)24(19)26(32(4,28)29)17-8-11-23(27)25-16-18-31-22-14-12-21(30-3)13-15-22/h7,9-10,12-15H,5-6,8,11,16-18H2,1-4H3,(H,25,27). The number of nitrogens with zero attached hydrogens (tertiary/aromatic N) is 1. The summed E-state index contributed by atoms with van der Waals surface area (Å²) in [5, 5.41) is 2.82. The third kappa shape index (κ3) is 7.44. The van der Waals surface area contributed by atoms with Crippen molar-refractivity contribution >= 4 is 21.6 Å². The molecular formula is C24H34N2O5S. The Labute approximate surface area is 191 Å². The number of benzene rings is 2. The van der Waals surface area contributed by atoms with E-state index in [-0.39, 0.29) is 18.9 Å². The van der Waals surface area contributed by atoms with Crippen LogP contribution in [0.15, 0.2) is 42.5 Å². The zero-order valence-corrected chi connectivity index (χ0v) is 20.2. The lowest BCUT2D eigenvalue weighted by Crippen LogP contribution is -2.34. The zero-order chi connectivity index (χ0) is 23.6. The van der Waals surface area contributed by atoms with Crippen LogP contribution < -0.4 is 19.1 Å². The molecule has 1 amide bonds. The van der Waals surface area contributed by atoms with Gasteiger partial charge < -0.3 is 14.8 Å². The number of amides is 1. The minimum Gasteiger partial charge on any atom is -0.497 e. The molecule has 8 heteroatoms.